The lowest BCUT2D eigenvalue weighted by Gasteiger charge is -2.39. The quantitative estimate of drug-likeness (QED) is 0.272. The summed E-state index contributed by atoms with van der Waals surface area (Å²) in [5, 5.41) is 12.8. The summed E-state index contributed by atoms with van der Waals surface area (Å²) in [6.07, 6.45) is -1.03. The first-order chi connectivity index (χ1) is 16.1. The highest BCUT2D eigenvalue weighted by atomic mass is 32.2. The Hall–Kier alpha value is -2.86. The number of anilines is 1. The predicted octanol–water partition coefficient (Wildman–Crippen LogP) is 3.51. The number of nitrogens with zero attached hydrogens (tertiary/aromatic N) is 4. The maximum absolute atomic E-state index is 13.7. The number of hydroxylamine groups is 2. The molecule has 0 aromatic heterocycles. The first kappa shape index (κ1) is 22.9. The summed E-state index contributed by atoms with van der Waals surface area (Å²) in [6.45, 7) is 4.01. The summed E-state index contributed by atoms with van der Waals surface area (Å²) in [4.78, 5) is 47.4. The van der Waals surface area contributed by atoms with Crippen molar-refractivity contribution in [3.8, 4) is 0 Å². The van der Waals surface area contributed by atoms with E-state index >= 15 is 0 Å². The predicted molar refractivity (Wildman–Crippen MR) is 131 cm³/mol. The van der Waals surface area contributed by atoms with Crippen LogP contribution < -0.4 is 4.90 Å². The van der Waals surface area contributed by atoms with Crippen molar-refractivity contribution in [1.82, 2.24) is 9.96 Å². The third-order valence-electron chi connectivity index (χ3n) is 6.77. The second-order valence-corrected chi connectivity index (χ2v) is 10.7. The van der Waals surface area contributed by atoms with Gasteiger partial charge in [0.25, 0.3) is 11.6 Å². The van der Waals surface area contributed by atoms with Gasteiger partial charge in [-0.25, -0.2) is 4.90 Å². The Bertz CT molecular complexity index is 1210. The molecule has 11 heteroatoms. The summed E-state index contributed by atoms with van der Waals surface area (Å²) >= 11 is 6.93. The molecule has 2 aromatic rings. The molecule has 0 saturated carbocycles. The number of carbonyl (C=O) groups excluding carboxylic acids is 2. The van der Waals surface area contributed by atoms with Crippen LogP contribution in [0, 0.1) is 16.0 Å². The minimum absolute atomic E-state index is 0.0939. The maximum Gasteiger partial charge on any atom is 0.269 e. The van der Waals surface area contributed by atoms with Gasteiger partial charge in [-0.3, -0.25) is 24.5 Å². The van der Waals surface area contributed by atoms with Crippen LogP contribution in [0.3, 0.4) is 0 Å². The molecule has 4 atom stereocenters. The molecule has 0 radical (unpaired) electrons. The summed E-state index contributed by atoms with van der Waals surface area (Å²) in [7, 11) is 1.89. The number of imide groups is 1. The number of rotatable bonds is 4. The van der Waals surface area contributed by atoms with Gasteiger partial charge in [0.05, 0.1) is 28.1 Å². The van der Waals surface area contributed by atoms with Crippen LogP contribution in [0.4, 0.5) is 11.4 Å². The fraction of sp³-hybridized carbons (Fsp3) is 0.348. The number of non-ortho nitro benzene ring substituents is 1. The first-order valence-electron chi connectivity index (χ1n) is 10.7. The molecule has 9 nitrogen and oxygen atoms in total. The van der Waals surface area contributed by atoms with E-state index in [1.807, 2.05) is 25.8 Å². The zero-order valence-corrected chi connectivity index (χ0v) is 20.3. The maximum atomic E-state index is 13.7. The molecule has 2 aromatic carbocycles. The van der Waals surface area contributed by atoms with Crippen LogP contribution in [0.15, 0.2) is 54.6 Å². The van der Waals surface area contributed by atoms with Gasteiger partial charge in [0.15, 0.2) is 6.10 Å². The molecule has 0 unspecified atom stereocenters. The minimum atomic E-state index is -1.03. The largest absolute Gasteiger partial charge is 0.353 e. The normalized spacial score (nSPS) is 28.6. The molecule has 0 bridgehead atoms. The van der Waals surface area contributed by atoms with Crippen molar-refractivity contribution in [2.45, 2.75) is 36.9 Å². The Morgan fingerprint density at radius 2 is 1.79 bits per heavy atom. The van der Waals surface area contributed by atoms with E-state index in [1.165, 1.54) is 23.9 Å². The standard InChI is InChI=1S/C23H22N4O5S2/c1-23(2)21(34-22(33)24(23)3)26-17(13-8-7-11-15(12-13)27(30)31)16-18(32-26)20(29)25(19(16)28)14-9-5-4-6-10-14/h4-12,16-18,21H,1-3H3/t16-,17+,18+,21+/m0/s1. The highest BCUT2D eigenvalue weighted by molar-refractivity contribution is 8.23. The molecule has 0 spiro atoms. The van der Waals surface area contributed by atoms with Gasteiger partial charge in [0.2, 0.25) is 5.91 Å². The Kier molecular flexibility index (Phi) is 5.47. The summed E-state index contributed by atoms with van der Waals surface area (Å²) < 4.78 is 0.664. The average Bonchev–Trinajstić information content (AvgIpc) is 3.39. The van der Waals surface area contributed by atoms with Gasteiger partial charge in [-0.1, -0.05) is 54.3 Å². The highest BCUT2D eigenvalue weighted by Gasteiger charge is 2.63. The number of hydrogen-bond donors (Lipinski definition) is 0. The number of nitro groups is 1. The summed E-state index contributed by atoms with van der Waals surface area (Å²) in [5.74, 6) is -1.70. The molecule has 34 heavy (non-hydrogen) atoms. The van der Waals surface area contributed by atoms with E-state index in [-0.39, 0.29) is 11.1 Å². The van der Waals surface area contributed by atoms with Crippen molar-refractivity contribution >= 4 is 51.5 Å². The van der Waals surface area contributed by atoms with Crippen LogP contribution in [0.1, 0.15) is 25.5 Å². The Labute approximate surface area is 205 Å². The zero-order chi connectivity index (χ0) is 24.4. The fourth-order valence-corrected chi connectivity index (χ4v) is 6.55. The van der Waals surface area contributed by atoms with Gasteiger partial charge >= 0.3 is 0 Å². The Morgan fingerprint density at radius 1 is 1.09 bits per heavy atom. The van der Waals surface area contributed by atoms with Crippen molar-refractivity contribution < 1.29 is 19.3 Å². The number of carbonyl (C=O) groups is 2. The van der Waals surface area contributed by atoms with Crippen LogP contribution in [0.5, 0.6) is 0 Å². The number of thiocarbonyl (C=S) groups is 1. The van der Waals surface area contributed by atoms with Crippen molar-refractivity contribution in [3.63, 3.8) is 0 Å². The topological polar surface area (TPSA) is 96.2 Å². The summed E-state index contributed by atoms with van der Waals surface area (Å²) in [6, 6.07) is 14.2. The molecule has 2 amide bonds. The molecular formula is C23H22N4O5S2. The number of amides is 2. The number of thioether (sulfide) groups is 1. The van der Waals surface area contributed by atoms with E-state index in [9.17, 15) is 19.7 Å². The summed E-state index contributed by atoms with van der Waals surface area (Å²) in [5.41, 5.74) is 0.430. The van der Waals surface area contributed by atoms with Crippen LogP contribution in [-0.4, -0.2) is 55.1 Å². The van der Waals surface area contributed by atoms with Gasteiger partial charge in [-0.2, -0.15) is 5.06 Å². The SMILES string of the molecule is CN1C(=S)S[C@@H](N2O[C@H]3C(=O)N(c4ccccc4)C(=O)[C@H]3[C@H]2c2cccc([N+](=O)[O-])c2)C1(C)C. The lowest BCUT2D eigenvalue weighted by atomic mass is 9.89. The molecule has 176 valence electrons. The lowest BCUT2D eigenvalue weighted by molar-refractivity contribution is -0.385. The Morgan fingerprint density at radius 3 is 2.41 bits per heavy atom. The average molecular weight is 499 g/mol. The molecule has 0 aliphatic carbocycles. The van der Waals surface area contributed by atoms with Gasteiger partial charge in [-0.15, -0.1) is 0 Å². The number of hydrogen-bond acceptors (Lipinski definition) is 8. The van der Waals surface area contributed by atoms with E-state index < -0.39 is 40.3 Å². The number of nitro benzene ring substituents is 1. The molecule has 3 aliphatic heterocycles. The highest BCUT2D eigenvalue weighted by Crippen LogP contribution is 2.52. The lowest BCUT2D eigenvalue weighted by Crippen LogP contribution is -2.51. The second-order valence-electron chi connectivity index (χ2n) is 9.00. The van der Waals surface area contributed by atoms with E-state index in [2.05, 4.69) is 0 Å². The first-order valence-corrected chi connectivity index (χ1v) is 12.0. The van der Waals surface area contributed by atoms with E-state index in [4.69, 9.17) is 17.1 Å². The van der Waals surface area contributed by atoms with E-state index in [1.54, 1.807) is 47.5 Å². The number of para-hydroxylation sites is 1. The molecule has 3 fully saturated rings. The molecular weight excluding hydrogens is 476 g/mol. The smallest absolute Gasteiger partial charge is 0.269 e. The second kappa shape index (κ2) is 8.12. The monoisotopic (exact) mass is 498 g/mol. The molecule has 3 aliphatic rings. The van der Waals surface area contributed by atoms with Crippen molar-refractivity contribution in [2.24, 2.45) is 5.92 Å². The van der Waals surface area contributed by atoms with Gasteiger partial charge in [0.1, 0.15) is 9.69 Å². The van der Waals surface area contributed by atoms with Crippen molar-refractivity contribution in [1.29, 1.82) is 0 Å². The minimum Gasteiger partial charge on any atom is -0.353 e. The number of benzene rings is 2. The van der Waals surface area contributed by atoms with Crippen molar-refractivity contribution in [3.05, 3.63) is 70.3 Å². The van der Waals surface area contributed by atoms with Crippen LogP contribution in [0.2, 0.25) is 0 Å². The molecule has 5 rings (SSSR count). The molecule has 3 saturated heterocycles. The van der Waals surface area contributed by atoms with Crippen LogP contribution >= 0.6 is 24.0 Å². The third kappa shape index (κ3) is 3.34. The number of likely N-dealkylation sites (N-methyl/N-ethyl adjacent to an activating group) is 1. The Balaban J connectivity index is 1.61. The van der Waals surface area contributed by atoms with Gasteiger partial charge in [0, 0.05) is 19.2 Å². The fourth-order valence-electron chi connectivity index (χ4n) is 4.73. The van der Waals surface area contributed by atoms with E-state index in [0.29, 0.717) is 15.6 Å². The van der Waals surface area contributed by atoms with Crippen molar-refractivity contribution in [2.75, 3.05) is 11.9 Å². The number of fused-ring (bicyclic) bond motifs is 1. The third-order valence-corrected chi connectivity index (χ3v) is 8.81. The van der Waals surface area contributed by atoms with Crippen LogP contribution in [-0.2, 0) is 14.4 Å². The van der Waals surface area contributed by atoms with Gasteiger partial charge in [-0.05, 0) is 31.5 Å². The molecule has 0 N–H and O–H groups in total. The van der Waals surface area contributed by atoms with Crippen LogP contribution in [0.25, 0.3) is 0 Å². The molecule has 3 heterocycles. The zero-order valence-electron chi connectivity index (χ0n) is 18.7. The van der Waals surface area contributed by atoms with Gasteiger partial charge < -0.3 is 4.90 Å². The van der Waals surface area contributed by atoms with E-state index in [0.717, 1.165) is 4.90 Å².